The number of nitrogens with two attached hydrogens (primary N) is 3. The first-order valence-electron chi connectivity index (χ1n) is 26.3. The molecule has 27 nitrogen and oxygen atoms in total. The molecule has 2 saturated heterocycles. The predicted molar refractivity (Wildman–Crippen MR) is 273 cm³/mol. The molecular weight excluding hydrogens is 987 g/mol. The second kappa shape index (κ2) is 33.7. The minimum absolute atomic E-state index is 0.0118. The highest BCUT2D eigenvalue weighted by Crippen LogP contribution is 2.34. The van der Waals surface area contributed by atoms with Crippen LogP contribution in [-0.2, 0) is 33.4 Å². The number of aliphatic carboxylic acids is 2. The first kappa shape index (κ1) is 64.0. The van der Waals surface area contributed by atoms with Crippen LogP contribution in [0.2, 0.25) is 0 Å². The van der Waals surface area contributed by atoms with Crippen molar-refractivity contribution >= 4 is 35.7 Å². The topological polar surface area (TPSA) is 440 Å². The number of guanidine groups is 1. The molecule has 428 valence electrons. The molecule has 27 heteroatoms. The molecular formula is C48H85N11O16. The molecule has 3 rings (SSSR count). The maximum Gasteiger partial charge on any atom is 0.330 e. The number of aliphatic hydroxyl groups is 4. The number of aliphatic hydroxyl groups excluding tert-OH is 4. The van der Waals surface area contributed by atoms with Gasteiger partial charge >= 0.3 is 23.7 Å². The molecule has 1 aromatic heterocycles. The molecule has 75 heavy (non-hydrogen) atoms. The zero-order valence-electron chi connectivity index (χ0n) is 43.5. The summed E-state index contributed by atoms with van der Waals surface area (Å²) < 4.78 is 18.1. The van der Waals surface area contributed by atoms with Crippen LogP contribution in [0.25, 0.3) is 0 Å². The van der Waals surface area contributed by atoms with Crippen molar-refractivity contribution in [3.63, 3.8) is 0 Å². The molecule has 0 radical (unpaired) electrons. The van der Waals surface area contributed by atoms with Gasteiger partial charge in [-0.15, -0.1) is 0 Å². The van der Waals surface area contributed by atoms with Gasteiger partial charge in [0.15, 0.2) is 18.5 Å². The maximum absolute atomic E-state index is 13.9. The number of hydrogen-bond acceptors (Lipinski definition) is 17. The summed E-state index contributed by atoms with van der Waals surface area (Å²) in [7, 11) is 0. The van der Waals surface area contributed by atoms with Gasteiger partial charge < -0.3 is 88.6 Å². The molecule has 0 bridgehead atoms. The number of urea groups is 1. The highest BCUT2D eigenvalue weighted by Gasteiger charge is 2.54. The number of hydrogen-bond donors (Lipinski definition) is 15. The lowest BCUT2D eigenvalue weighted by molar-refractivity contribution is -0.228. The van der Waals surface area contributed by atoms with Gasteiger partial charge in [0.25, 0.3) is 5.56 Å². The number of H-pyrrole nitrogens is 1. The van der Waals surface area contributed by atoms with Crippen LogP contribution in [0, 0.1) is 5.92 Å². The molecule has 0 spiro atoms. The number of carbonyl (C=O) groups excluding carboxylic acids is 3. The summed E-state index contributed by atoms with van der Waals surface area (Å²) in [5.74, 6) is -4.83. The Morgan fingerprint density at radius 1 is 0.733 bits per heavy atom. The summed E-state index contributed by atoms with van der Waals surface area (Å²) in [5, 5.41) is 76.8. The van der Waals surface area contributed by atoms with Crippen LogP contribution in [-0.4, -0.2) is 175 Å². The Hall–Kier alpha value is -5.26. The lowest BCUT2D eigenvalue weighted by Crippen LogP contribution is -2.57. The number of carbonyl (C=O) groups is 5. The SMILES string of the molecule is CCCCCCCCCCCCCCC[C@H](NC(=O)[C@H](CCCN=C(N)N)NC(=O)N[C@H](C(=O)O)C(C)C)C(=O)NCCCN[C@H](C(=O)O)[C@H](O[C@@H]1O[C@H](CN)[C@@H](O)[C@H]1O)[C@H]1O[C@@H](n2ccc(=O)[nH]c2=O)[C@H](O)[C@@H]1O. The molecule has 0 aromatic carbocycles. The second-order valence-corrected chi connectivity index (χ2v) is 19.5. The monoisotopic (exact) mass is 1070 g/mol. The number of aromatic amines is 1. The largest absolute Gasteiger partial charge is 0.480 e. The molecule has 18 N–H and O–H groups in total. The van der Waals surface area contributed by atoms with Crippen LogP contribution in [0.5, 0.6) is 0 Å². The minimum atomic E-state index is -1.93. The average molecular weight is 1070 g/mol. The third-order valence-electron chi connectivity index (χ3n) is 13.2. The van der Waals surface area contributed by atoms with E-state index in [0.717, 1.165) is 48.9 Å². The van der Waals surface area contributed by atoms with Crippen molar-refractivity contribution < 1.29 is 68.8 Å². The first-order chi connectivity index (χ1) is 35.7. The van der Waals surface area contributed by atoms with Crippen LogP contribution in [0.3, 0.4) is 0 Å². The third kappa shape index (κ3) is 21.4. The number of carboxylic acid groups (broad SMARTS) is 2. The molecule has 2 fully saturated rings. The van der Waals surface area contributed by atoms with Gasteiger partial charge in [0, 0.05) is 31.9 Å². The van der Waals surface area contributed by atoms with Crippen LogP contribution in [0.15, 0.2) is 26.8 Å². The quantitative estimate of drug-likeness (QED) is 0.0200. The lowest BCUT2D eigenvalue weighted by Gasteiger charge is -2.33. The molecule has 3 heterocycles. The molecule has 1 aromatic rings. The van der Waals surface area contributed by atoms with Crippen LogP contribution in [0.1, 0.15) is 136 Å². The van der Waals surface area contributed by atoms with Gasteiger partial charge in [-0.1, -0.05) is 104 Å². The van der Waals surface area contributed by atoms with E-state index >= 15 is 0 Å². The highest BCUT2D eigenvalue weighted by atomic mass is 16.7. The Bertz CT molecular complexity index is 2060. The van der Waals surface area contributed by atoms with Crippen molar-refractivity contribution in [2.45, 2.75) is 209 Å². The number of nitrogens with one attached hydrogen (secondary N) is 6. The Kier molecular flexibility index (Phi) is 28.8. The summed E-state index contributed by atoms with van der Waals surface area (Å²) in [4.78, 5) is 96.0. The maximum atomic E-state index is 13.9. The smallest absolute Gasteiger partial charge is 0.330 e. The van der Waals surface area contributed by atoms with Crippen molar-refractivity contribution in [3.8, 4) is 0 Å². The van der Waals surface area contributed by atoms with Gasteiger partial charge in [0.05, 0.1) is 0 Å². The fourth-order valence-corrected chi connectivity index (χ4v) is 8.90. The lowest BCUT2D eigenvalue weighted by atomic mass is 9.98. The molecule has 0 saturated carbocycles. The van der Waals surface area contributed by atoms with Crippen LogP contribution < -0.4 is 55.0 Å². The minimum Gasteiger partial charge on any atom is -0.480 e. The van der Waals surface area contributed by atoms with E-state index in [1.807, 2.05) is 4.98 Å². The summed E-state index contributed by atoms with van der Waals surface area (Å²) in [6.07, 6.45) is 0.440. The number of aliphatic imine (C=N–C) groups is 1. The van der Waals surface area contributed by atoms with Crippen molar-refractivity contribution in [1.82, 2.24) is 36.1 Å². The van der Waals surface area contributed by atoms with Gasteiger partial charge in [0.2, 0.25) is 11.8 Å². The fraction of sp³-hybridized carbons (Fsp3) is 0.792. The van der Waals surface area contributed by atoms with Gasteiger partial charge in [-0.2, -0.15) is 0 Å². The third-order valence-corrected chi connectivity index (χ3v) is 13.2. The summed E-state index contributed by atoms with van der Waals surface area (Å²) in [5.41, 5.74) is 14.8. The zero-order valence-corrected chi connectivity index (χ0v) is 43.5. The van der Waals surface area contributed by atoms with Crippen molar-refractivity contribution in [2.75, 3.05) is 26.2 Å². The molecule has 4 amide bonds. The van der Waals surface area contributed by atoms with E-state index in [1.165, 1.54) is 44.9 Å². The number of unbranched alkanes of at least 4 members (excludes halogenated alkanes) is 12. The molecule has 2 aliphatic heterocycles. The van der Waals surface area contributed by atoms with E-state index < -0.39 is 126 Å². The molecule has 0 unspecified atom stereocenters. The number of nitrogens with zero attached hydrogens (tertiary/aromatic N) is 2. The van der Waals surface area contributed by atoms with E-state index in [9.17, 15) is 64.2 Å². The highest BCUT2D eigenvalue weighted by molar-refractivity contribution is 5.92. The number of carboxylic acids is 2. The van der Waals surface area contributed by atoms with E-state index in [4.69, 9.17) is 31.4 Å². The summed E-state index contributed by atoms with van der Waals surface area (Å²) in [6, 6.07) is -5.39. The van der Waals surface area contributed by atoms with E-state index in [0.29, 0.717) is 6.42 Å². The zero-order chi connectivity index (χ0) is 55.6. The van der Waals surface area contributed by atoms with E-state index in [2.05, 4.69) is 38.5 Å². The Morgan fingerprint density at radius 2 is 1.32 bits per heavy atom. The van der Waals surface area contributed by atoms with Gasteiger partial charge in [-0.25, -0.2) is 14.4 Å². The average Bonchev–Trinajstić information content (AvgIpc) is 3.80. The fourth-order valence-electron chi connectivity index (χ4n) is 8.90. The molecule has 0 aliphatic carbocycles. The molecule has 2 aliphatic rings. The second-order valence-electron chi connectivity index (χ2n) is 19.5. The number of ether oxygens (including phenoxy) is 3. The number of amides is 4. The van der Waals surface area contributed by atoms with Crippen LogP contribution >= 0.6 is 0 Å². The van der Waals surface area contributed by atoms with Crippen molar-refractivity contribution in [3.05, 3.63) is 33.1 Å². The Balaban J connectivity index is 1.75. The van der Waals surface area contributed by atoms with E-state index in [-0.39, 0.29) is 57.8 Å². The van der Waals surface area contributed by atoms with Gasteiger partial charge in [-0.3, -0.25) is 33.7 Å². The van der Waals surface area contributed by atoms with Crippen molar-refractivity contribution in [2.24, 2.45) is 28.1 Å². The van der Waals surface area contributed by atoms with Crippen molar-refractivity contribution in [1.29, 1.82) is 0 Å². The number of rotatable bonds is 37. The van der Waals surface area contributed by atoms with Crippen LogP contribution in [0.4, 0.5) is 4.79 Å². The summed E-state index contributed by atoms with van der Waals surface area (Å²) >= 11 is 0. The molecule has 13 atom stereocenters. The first-order valence-corrected chi connectivity index (χ1v) is 26.3. The Labute approximate surface area is 436 Å². The standard InChI is InChI=1S/C48H85N11O16/c1-4-5-6-7-8-9-10-11-12-13-14-15-16-19-28(55-41(66)29(20-17-22-54-46(50)51)56-47(71)58-32(27(2)3)43(67)68)40(65)53-24-18-23-52-33(44(69)70)38(75-45-37(64)34(61)30(26-49)73-45)39-35(62)36(63)42(74-39)59-25-21-31(60)57-48(59)72/h21,25,27-30,32-39,42,45,52,61-64H,4-20,22-24,26,49H2,1-3H3,(H,53,65)(H,55,66)(H,67,68)(H,69,70)(H4,50,51,54)(H2,56,58,71)(H,57,60,72)/t28-,29-,30+,32-,33-,34+,35-,36+,37+,38-,39-,42+,45-/m0/s1. The predicted octanol–water partition coefficient (Wildman–Crippen LogP) is -1.71. The van der Waals surface area contributed by atoms with E-state index in [1.54, 1.807) is 13.8 Å². The van der Waals surface area contributed by atoms with Gasteiger partial charge in [-0.05, 0) is 38.1 Å². The number of aromatic nitrogens is 2. The van der Waals surface area contributed by atoms with Gasteiger partial charge in [0.1, 0.15) is 66.9 Å². The summed E-state index contributed by atoms with van der Waals surface area (Å²) in [6.45, 7) is 5.02. The normalized spacial score (nSPS) is 23.4. The Morgan fingerprint density at radius 3 is 1.87 bits per heavy atom.